The number of hydrogen-bond acceptors (Lipinski definition) is 4. The fourth-order valence-corrected chi connectivity index (χ4v) is 3.14. The number of aromatic nitrogens is 3. The number of carbonyl (C=O) groups excluding carboxylic acids is 1. The van der Waals surface area contributed by atoms with Crippen LogP contribution in [0, 0.1) is 0 Å². The van der Waals surface area contributed by atoms with Gasteiger partial charge < -0.3 is 15.3 Å². The Morgan fingerprint density at radius 2 is 2.16 bits per heavy atom. The minimum atomic E-state index is -0.974. The van der Waals surface area contributed by atoms with Crippen LogP contribution in [-0.4, -0.2) is 42.9 Å². The summed E-state index contributed by atoms with van der Waals surface area (Å²) in [5, 5.41) is 17.4. The van der Waals surface area contributed by atoms with Gasteiger partial charge in [-0.25, -0.2) is 14.5 Å². The molecule has 0 saturated carbocycles. The molecule has 2 aromatic rings. The van der Waals surface area contributed by atoms with Gasteiger partial charge in [0.1, 0.15) is 12.2 Å². The van der Waals surface area contributed by atoms with Crippen molar-refractivity contribution in [1.82, 2.24) is 25.0 Å². The fourth-order valence-electron chi connectivity index (χ4n) is 3.14. The first-order chi connectivity index (χ1) is 11.9. The molecule has 0 radical (unpaired) electrons. The molecular formula is C18H25N5O2. The molecule has 1 aliphatic rings. The van der Waals surface area contributed by atoms with E-state index in [1.807, 2.05) is 35.0 Å². The third-order valence-electron chi connectivity index (χ3n) is 4.20. The number of carbonyl (C=O) groups is 1. The molecule has 0 bridgehead atoms. The van der Waals surface area contributed by atoms with Crippen LogP contribution in [0.3, 0.4) is 0 Å². The summed E-state index contributed by atoms with van der Waals surface area (Å²) in [7, 11) is 0. The van der Waals surface area contributed by atoms with Crippen molar-refractivity contribution in [2.45, 2.75) is 51.4 Å². The minimum absolute atomic E-state index is 0.149. The molecule has 2 N–H and O–H groups in total. The number of amides is 2. The first-order valence-corrected chi connectivity index (χ1v) is 8.62. The van der Waals surface area contributed by atoms with Crippen LogP contribution >= 0.6 is 0 Å². The zero-order valence-corrected chi connectivity index (χ0v) is 14.7. The Morgan fingerprint density at radius 1 is 1.40 bits per heavy atom. The molecule has 1 aromatic heterocycles. The zero-order chi connectivity index (χ0) is 17.9. The number of fused-ring (bicyclic) bond motifs is 1. The standard InChI is InChI=1S/C18H25N5O2/c1-18(2,25)12-22(11-14-7-4-3-5-8-14)17(24)21-15-9-6-10-23-16(15)19-13-20-23/h3-5,7-8,13,15,25H,6,9-12H2,1-2H3,(H,21,24). The van der Waals surface area contributed by atoms with Gasteiger partial charge in [-0.2, -0.15) is 5.10 Å². The normalized spacial score (nSPS) is 17.0. The van der Waals surface area contributed by atoms with Gasteiger partial charge in [0.2, 0.25) is 0 Å². The summed E-state index contributed by atoms with van der Waals surface area (Å²) < 4.78 is 1.84. The zero-order valence-electron chi connectivity index (χ0n) is 14.7. The SMILES string of the molecule is CC(C)(O)CN(Cc1ccccc1)C(=O)NC1CCCn2ncnc21. The molecule has 134 valence electrons. The summed E-state index contributed by atoms with van der Waals surface area (Å²) in [4.78, 5) is 18.8. The van der Waals surface area contributed by atoms with Crippen molar-refractivity contribution in [3.63, 3.8) is 0 Å². The van der Waals surface area contributed by atoms with Gasteiger partial charge in [-0.15, -0.1) is 0 Å². The molecule has 1 aromatic carbocycles. The monoisotopic (exact) mass is 343 g/mol. The van der Waals surface area contributed by atoms with E-state index in [0.717, 1.165) is 30.8 Å². The molecular weight excluding hydrogens is 318 g/mol. The van der Waals surface area contributed by atoms with Gasteiger partial charge in [-0.05, 0) is 32.3 Å². The number of nitrogens with one attached hydrogen (secondary N) is 1. The van der Waals surface area contributed by atoms with Crippen LogP contribution in [0.15, 0.2) is 36.7 Å². The molecule has 3 rings (SSSR count). The maximum Gasteiger partial charge on any atom is 0.318 e. The van der Waals surface area contributed by atoms with Gasteiger partial charge in [0.05, 0.1) is 18.2 Å². The average Bonchev–Trinajstić information content (AvgIpc) is 3.03. The van der Waals surface area contributed by atoms with Gasteiger partial charge in [-0.1, -0.05) is 30.3 Å². The number of nitrogens with zero attached hydrogens (tertiary/aromatic N) is 4. The predicted octanol–water partition coefficient (Wildman–Crippen LogP) is 2.10. The van der Waals surface area contributed by atoms with Crippen molar-refractivity contribution < 1.29 is 9.90 Å². The van der Waals surface area contributed by atoms with Crippen molar-refractivity contribution in [2.75, 3.05) is 6.54 Å². The highest BCUT2D eigenvalue weighted by atomic mass is 16.3. The van der Waals surface area contributed by atoms with E-state index in [1.54, 1.807) is 18.7 Å². The highest BCUT2D eigenvalue weighted by Gasteiger charge is 2.28. The highest BCUT2D eigenvalue weighted by Crippen LogP contribution is 2.22. The van der Waals surface area contributed by atoms with Crippen molar-refractivity contribution >= 4 is 6.03 Å². The second kappa shape index (κ2) is 7.23. The van der Waals surface area contributed by atoms with E-state index in [-0.39, 0.29) is 18.6 Å². The van der Waals surface area contributed by atoms with Gasteiger partial charge in [0.15, 0.2) is 0 Å². The van der Waals surface area contributed by atoms with Crippen LogP contribution < -0.4 is 5.32 Å². The Bertz CT molecular complexity index is 708. The molecule has 0 spiro atoms. The lowest BCUT2D eigenvalue weighted by atomic mass is 10.1. The number of aliphatic hydroxyl groups is 1. The first kappa shape index (κ1) is 17.4. The Kier molecular flexibility index (Phi) is 5.03. The Balaban J connectivity index is 1.73. The summed E-state index contributed by atoms with van der Waals surface area (Å²) in [5.74, 6) is 0.794. The van der Waals surface area contributed by atoms with E-state index in [4.69, 9.17) is 0 Å². The Labute approximate surface area is 147 Å². The largest absolute Gasteiger partial charge is 0.389 e. The highest BCUT2D eigenvalue weighted by molar-refractivity contribution is 5.74. The summed E-state index contributed by atoms with van der Waals surface area (Å²) in [5.41, 5.74) is 0.0485. The maximum atomic E-state index is 12.9. The summed E-state index contributed by atoms with van der Waals surface area (Å²) in [6.45, 7) is 4.92. The third kappa shape index (κ3) is 4.57. The second-order valence-corrected chi connectivity index (χ2v) is 7.14. The van der Waals surface area contributed by atoms with Crippen LogP contribution in [-0.2, 0) is 13.1 Å². The van der Waals surface area contributed by atoms with Crippen molar-refractivity contribution in [3.8, 4) is 0 Å². The number of aryl methyl sites for hydroxylation is 1. The number of benzene rings is 1. The van der Waals surface area contributed by atoms with Crippen molar-refractivity contribution in [2.24, 2.45) is 0 Å². The third-order valence-corrected chi connectivity index (χ3v) is 4.20. The summed E-state index contributed by atoms with van der Waals surface area (Å²) >= 11 is 0. The Morgan fingerprint density at radius 3 is 2.88 bits per heavy atom. The van der Waals surface area contributed by atoms with Crippen LogP contribution in [0.25, 0.3) is 0 Å². The molecule has 7 heteroatoms. The van der Waals surface area contributed by atoms with Gasteiger partial charge in [-0.3, -0.25) is 0 Å². The van der Waals surface area contributed by atoms with E-state index in [1.165, 1.54) is 6.33 Å². The van der Waals surface area contributed by atoms with Gasteiger partial charge >= 0.3 is 6.03 Å². The first-order valence-electron chi connectivity index (χ1n) is 8.62. The molecule has 7 nitrogen and oxygen atoms in total. The van der Waals surface area contributed by atoms with E-state index < -0.39 is 5.60 Å². The molecule has 1 atom stereocenters. The second-order valence-electron chi connectivity index (χ2n) is 7.14. The van der Waals surface area contributed by atoms with Crippen molar-refractivity contribution in [3.05, 3.63) is 48.0 Å². The number of urea groups is 1. The van der Waals surface area contributed by atoms with Crippen molar-refractivity contribution in [1.29, 1.82) is 0 Å². The fraction of sp³-hybridized carbons (Fsp3) is 0.500. The van der Waals surface area contributed by atoms with Crippen LogP contribution in [0.2, 0.25) is 0 Å². The minimum Gasteiger partial charge on any atom is -0.389 e. The van der Waals surface area contributed by atoms with Gasteiger partial charge in [0.25, 0.3) is 0 Å². The van der Waals surface area contributed by atoms with E-state index in [0.29, 0.717) is 6.54 Å². The van der Waals surface area contributed by atoms with E-state index in [9.17, 15) is 9.90 Å². The molecule has 25 heavy (non-hydrogen) atoms. The molecule has 0 saturated heterocycles. The van der Waals surface area contributed by atoms with Crippen LogP contribution in [0.5, 0.6) is 0 Å². The van der Waals surface area contributed by atoms with Crippen LogP contribution in [0.4, 0.5) is 4.79 Å². The molecule has 2 heterocycles. The molecule has 2 amide bonds. The quantitative estimate of drug-likeness (QED) is 0.871. The summed E-state index contributed by atoms with van der Waals surface area (Å²) in [6, 6.07) is 9.43. The predicted molar refractivity (Wildman–Crippen MR) is 93.7 cm³/mol. The van der Waals surface area contributed by atoms with Crippen LogP contribution in [0.1, 0.15) is 44.1 Å². The molecule has 0 fully saturated rings. The van der Waals surface area contributed by atoms with Gasteiger partial charge in [0, 0.05) is 13.1 Å². The lowest BCUT2D eigenvalue weighted by molar-refractivity contribution is 0.0439. The molecule has 0 aliphatic carbocycles. The molecule has 1 unspecified atom stereocenters. The maximum absolute atomic E-state index is 12.9. The number of hydrogen-bond donors (Lipinski definition) is 2. The van der Waals surface area contributed by atoms with E-state index >= 15 is 0 Å². The Hall–Kier alpha value is -2.41. The summed E-state index contributed by atoms with van der Waals surface area (Å²) in [6.07, 6.45) is 3.32. The molecule has 1 aliphatic heterocycles. The number of rotatable bonds is 5. The lowest BCUT2D eigenvalue weighted by Crippen LogP contribution is -2.48. The smallest absolute Gasteiger partial charge is 0.318 e. The topological polar surface area (TPSA) is 83.3 Å². The van der Waals surface area contributed by atoms with E-state index in [2.05, 4.69) is 15.4 Å². The average molecular weight is 343 g/mol. The lowest BCUT2D eigenvalue weighted by Gasteiger charge is -2.32.